The van der Waals surface area contributed by atoms with Crippen LogP contribution in [0, 0.1) is 18.3 Å². The van der Waals surface area contributed by atoms with E-state index in [0.29, 0.717) is 44.0 Å². The summed E-state index contributed by atoms with van der Waals surface area (Å²) in [5.41, 5.74) is 12.5. The minimum atomic E-state index is -0.336. The summed E-state index contributed by atoms with van der Waals surface area (Å²) in [6.45, 7) is 6.11. The van der Waals surface area contributed by atoms with E-state index in [1.807, 2.05) is 25.1 Å². The Balaban J connectivity index is 0.850. The molecule has 11 heteroatoms. The standard InChI is InChI=1S/C36H45N9O2/c1-24-19-28(9-14-37-24)33-30-20-29(7-8-31(30)39-40-33)45-18-13-36(35(45)47)12-17-43(22-36)21-32(46)44-15-10-26(11-16-44)25-3-5-27(6-4-25)34-38-23-42(2)41-34/h3-6,9-10,14,19,23,29-31,33,39-40H,7-8,11-13,15-18,20-22H2,1-2H3. The fourth-order valence-electron chi connectivity index (χ4n) is 8.83. The van der Waals surface area contributed by atoms with Crippen LogP contribution in [0.25, 0.3) is 17.0 Å². The second kappa shape index (κ2) is 12.3. The van der Waals surface area contributed by atoms with E-state index >= 15 is 0 Å². The van der Waals surface area contributed by atoms with Crippen molar-refractivity contribution in [2.45, 2.75) is 63.6 Å². The highest BCUT2D eigenvalue weighted by Crippen LogP contribution is 2.45. The first-order valence-electron chi connectivity index (χ1n) is 17.3. The highest BCUT2D eigenvalue weighted by atomic mass is 16.2. The summed E-state index contributed by atoms with van der Waals surface area (Å²) in [7, 11) is 1.87. The number of hydrogen-bond acceptors (Lipinski definition) is 8. The van der Waals surface area contributed by atoms with Crippen LogP contribution in [-0.2, 0) is 16.6 Å². The molecule has 11 nitrogen and oxygen atoms in total. The SMILES string of the molecule is Cc1cc(C2NNC3CCC(N4CCC5(CCN(CC(=O)N6CC=C(c7ccc(-c8ncn(C)n8)cc7)CC6)C5)C4=O)CC32)ccn1. The first-order valence-corrected chi connectivity index (χ1v) is 17.3. The number of benzene rings is 1. The molecule has 5 unspecified atom stereocenters. The van der Waals surface area contributed by atoms with Crippen LogP contribution in [0.5, 0.6) is 0 Å². The molecule has 1 saturated carbocycles. The minimum absolute atomic E-state index is 0.160. The van der Waals surface area contributed by atoms with Gasteiger partial charge in [0.15, 0.2) is 5.82 Å². The molecular weight excluding hydrogens is 590 g/mol. The number of aryl methyl sites for hydroxylation is 2. The zero-order chi connectivity index (χ0) is 32.1. The van der Waals surface area contributed by atoms with Gasteiger partial charge in [0, 0.05) is 62.8 Å². The summed E-state index contributed by atoms with van der Waals surface area (Å²) in [6.07, 6.45) is 11.5. The molecule has 4 fully saturated rings. The summed E-state index contributed by atoms with van der Waals surface area (Å²) in [5, 5.41) is 4.39. The zero-order valence-corrected chi connectivity index (χ0v) is 27.4. The second-order valence-corrected chi connectivity index (χ2v) is 14.4. The number of likely N-dealkylation sites (tertiary alicyclic amines) is 2. The van der Waals surface area contributed by atoms with Gasteiger partial charge in [0.25, 0.3) is 0 Å². The highest BCUT2D eigenvalue weighted by molar-refractivity contribution is 5.86. The Bertz CT molecular complexity index is 1690. The number of hydrogen-bond donors (Lipinski definition) is 2. The fraction of sp³-hybridized carbons (Fsp3) is 0.528. The van der Waals surface area contributed by atoms with Gasteiger partial charge < -0.3 is 9.80 Å². The first-order chi connectivity index (χ1) is 22.8. The minimum Gasteiger partial charge on any atom is -0.339 e. The quantitative estimate of drug-likeness (QED) is 0.425. The van der Waals surface area contributed by atoms with Crippen molar-refractivity contribution in [1.82, 2.24) is 45.3 Å². The van der Waals surface area contributed by atoms with E-state index in [1.165, 1.54) is 16.7 Å². The molecule has 1 aromatic carbocycles. The topological polar surface area (TPSA) is 112 Å². The maximum Gasteiger partial charge on any atom is 0.237 e. The van der Waals surface area contributed by atoms with Gasteiger partial charge in [0.05, 0.1) is 18.0 Å². The molecule has 246 valence electrons. The highest BCUT2D eigenvalue weighted by Gasteiger charge is 2.53. The van der Waals surface area contributed by atoms with Gasteiger partial charge in [-0.3, -0.25) is 29.6 Å². The monoisotopic (exact) mass is 635 g/mol. The van der Waals surface area contributed by atoms with E-state index in [-0.39, 0.29) is 23.4 Å². The third-order valence-corrected chi connectivity index (χ3v) is 11.5. The van der Waals surface area contributed by atoms with Crippen molar-refractivity contribution in [3.63, 3.8) is 0 Å². The lowest BCUT2D eigenvalue weighted by molar-refractivity contribution is -0.139. The Labute approximate surface area is 276 Å². The Morgan fingerprint density at radius 2 is 1.85 bits per heavy atom. The van der Waals surface area contributed by atoms with Crippen molar-refractivity contribution in [1.29, 1.82) is 0 Å². The van der Waals surface area contributed by atoms with Gasteiger partial charge in [0.1, 0.15) is 6.33 Å². The van der Waals surface area contributed by atoms with E-state index in [4.69, 9.17) is 0 Å². The third-order valence-electron chi connectivity index (χ3n) is 11.5. The first kappa shape index (κ1) is 30.4. The van der Waals surface area contributed by atoms with Crippen LogP contribution in [0.3, 0.4) is 0 Å². The molecule has 3 saturated heterocycles. The van der Waals surface area contributed by atoms with Gasteiger partial charge in [-0.15, -0.1) is 0 Å². The Morgan fingerprint density at radius 3 is 2.62 bits per heavy atom. The second-order valence-electron chi connectivity index (χ2n) is 14.4. The number of carbonyl (C=O) groups excluding carboxylic acids is 2. The molecule has 4 aliphatic heterocycles. The molecule has 1 spiro atoms. The van der Waals surface area contributed by atoms with Gasteiger partial charge in [-0.25, -0.2) is 10.4 Å². The van der Waals surface area contributed by atoms with Crippen molar-refractivity contribution >= 4 is 17.4 Å². The van der Waals surface area contributed by atoms with Gasteiger partial charge in [-0.1, -0.05) is 30.3 Å². The number of amides is 2. The van der Waals surface area contributed by atoms with Crippen molar-refractivity contribution in [2.75, 3.05) is 39.3 Å². The van der Waals surface area contributed by atoms with E-state index in [9.17, 15) is 9.59 Å². The number of nitrogens with one attached hydrogen (secondary N) is 2. The van der Waals surface area contributed by atoms with Crippen LogP contribution in [0.2, 0.25) is 0 Å². The van der Waals surface area contributed by atoms with Crippen LogP contribution >= 0.6 is 0 Å². The zero-order valence-electron chi connectivity index (χ0n) is 27.4. The van der Waals surface area contributed by atoms with Crippen LogP contribution in [-0.4, -0.2) is 97.6 Å². The maximum absolute atomic E-state index is 14.1. The molecule has 6 heterocycles. The van der Waals surface area contributed by atoms with E-state index in [0.717, 1.165) is 68.7 Å². The van der Waals surface area contributed by atoms with E-state index in [2.05, 4.69) is 78.2 Å². The summed E-state index contributed by atoms with van der Waals surface area (Å²) >= 11 is 0. The predicted molar refractivity (Wildman–Crippen MR) is 178 cm³/mol. The number of pyridine rings is 1. The third kappa shape index (κ3) is 5.78. The smallest absolute Gasteiger partial charge is 0.237 e. The number of carbonyl (C=O) groups is 2. The lowest BCUT2D eigenvalue weighted by Gasteiger charge is -2.38. The number of hydrazine groups is 1. The number of aromatic nitrogens is 4. The van der Waals surface area contributed by atoms with Crippen LogP contribution in [0.15, 0.2) is 55.0 Å². The van der Waals surface area contributed by atoms with Crippen LogP contribution in [0.1, 0.15) is 61.4 Å². The molecule has 0 radical (unpaired) electrons. The molecule has 1 aliphatic carbocycles. The molecule has 0 bridgehead atoms. The number of nitrogens with zero attached hydrogens (tertiary/aromatic N) is 7. The normalized spacial score (nSPS) is 29.5. The summed E-state index contributed by atoms with van der Waals surface area (Å²) in [4.78, 5) is 42.6. The average Bonchev–Trinajstić information content (AvgIpc) is 3.88. The number of rotatable bonds is 6. The predicted octanol–water partition coefficient (Wildman–Crippen LogP) is 3.11. The molecule has 2 N–H and O–H groups in total. The Kier molecular flexibility index (Phi) is 7.93. The molecule has 2 amide bonds. The van der Waals surface area contributed by atoms with Crippen LogP contribution < -0.4 is 10.9 Å². The summed E-state index contributed by atoms with van der Waals surface area (Å²) in [5.74, 6) is 1.65. The molecule has 5 atom stereocenters. The van der Waals surface area contributed by atoms with E-state index < -0.39 is 0 Å². The van der Waals surface area contributed by atoms with Crippen molar-refractivity contribution in [3.05, 3.63) is 71.8 Å². The summed E-state index contributed by atoms with van der Waals surface area (Å²) in [6, 6.07) is 13.6. The maximum atomic E-state index is 14.1. The van der Waals surface area contributed by atoms with Gasteiger partial charge in [-0.2, -0.15) is 5.10 Å². The summed E-state index contributed by atoms with van der Waals surface area (Å²) < 4.78 is 1.71. The van der Waals surface area contributed by atoms with Crippen LogP contribution in [0.4, 0.5) is 0 Å². The van der Waals surface area contributed by atoms with Gasteiger partial charge in [0.2, 0.25) is 11.8 Å². The van der Waals surface area contributed by atoms with Gasteiger partial charge in [-0.05, 0) is 86.7 Å². The van der Waals surface area contributed by atoms with Crippen molar-refractivity contribution in [3.8, 4) is 11.4 Å². The molecule has 2 aromatic heterocycles. The van der Waals surface area contributed by atoms with Crippen molar-refractivity contribution in [2.24, 2.45) is 18.4 Å². The fourth-order valence-corrected chi connectivity index (χ4v) is 8.83. The lowest BCUT2D eigenvalue weighted by atomic mass is 9.76. The molecular formula is C36H45N9O2. The molecule has 5 aliphatic rings. The molecule has 8 rings (SSSR count). The Morgan fingerprint density at radius 1 is 1.02 bits per heavy atom. The largest absolute Gasteiger partial charge is 0.339 e. The van der Waals surface area contributed by atoms with Gasteiger partial charge >= 0.3 is 0 Å². The average molecular weight is 636 g/mol. The molecule has 3 aromatic rings. The van der Waals surface area contributed by atoms with Crippen molar-refractivity contribution < 1.29 is 9.59 Å². The Hall–Kier alpha value is -3.93. The number of fused-ring (bicyclic) bond motifs is 1. The molecule has 47 heavy (non-hydrogen) atoms. The van der Waals surface area contributed by atoms with E-state index in [1.54, 1.807) is 11.0 Å². The lowest BCUT2D eigenvalue weighted by Crippen LogP contribution is -2.47.